The predicted molar refractivity (Wildman–Crippen MR) is 76.3 cm³/mol. The fraction of sp³-hybridized carbons (Fsp3) is 0.933. The highest BCUT2D eigenvalue weighted by molar-refractivity contribution is 5.79. The minimum atomic E-state index is -0.686. The number of carbonyl (C=O) groups is 1. The van der Waals surface area contributed by atoms with Gasteiger partial charge in [-0.05, 0) is 58.5 Å². The van der Waals surface area contributed by atoms with Crippen LogP contribution in [-0.4, -0.2) is 46.7 Å². The Morgan fingerprint density at radius 3 is 2.79 bits per heavy atom. The van der Waals surface area contributed by atoms with Gasteiger partial charge < -0.3 is 10.4 Å². The smallest absolute Gasteiger partial charge is 0.323 e. The van der Waals surface area contributed by atoms with Crippen molar-refractivity contribution in [3.63, 3.8) is 0 Å². The summed E-state index contributed by atoms with van der Waals surface area (Å²) in [6, 6.07) is 1.06. The van der Waals surface area contributed by atoms with Crippen molar-refractivity contribution in [3.05, 3.63) is 0 Å². The summed E-state index contributed by atoms with van der Waals surface area (Å²) in [7, 11) is 0. The molecular formula is C15H28N2O2. The molecule has 1 saturated carbocycles. The summed E-state index contributed by atoms with van der Waals surface area (Å²) in [5.74, 6) is -0.663. The first-order valence-corrected chi connectivity index (χ1v) is 7.83. The van der Waals surface area contributed by atoms with Crippen LogP contribution in [0.1, 0.15) is 58.8 Å². The van der Waals surface area contributed by atoms with Gasteiger partial charge in [-0.2, -0.15) is 0 Å². The van der Waals surface area contributed by atoms with Crippen LogP contribution in [0.3, 0.4) is 0 Å². The van der Waals surface area contributed by atoms with Crippen LogP contribution in [0, 0.1) is 0 Å². The maximum Gasteiger partial charge on any atom is 0.323 e. The summed E-state index contributed by atoms with van der Waals surface area (Å²) in [6.07, 6.45) is 7.56. The second-order valence-corrected chi connectivity index (χ2v) is 6.25. The Kier molecular flexibility index (Phi) is 4.85. The molecule has 0 radical (unpaired) electrons. The minimum absolute atomic E-state index is 0.444. The number of likely N-dealkylation sites (N-methyl/N-ethyl adjacent to an activating group) is 1. The predicted octanol–water partition coefficient (Wildman–Crippen LogP) is 2.24. The fourth-order valence-electron chi connectivity index (χ4n) is 3.96. The molecule has 1 aliphatic carbocycles. The highest BCUT2D eigenvalue weighted by Gasteiger charge is 2.44. The molecule has 3 unspecified atom stereocenters. The zero-order chi connectivity index (χ0) is 13.9. The molecule has 2 N–H and O–H groups in total. The number of aliphatic carboxylic acids is 1. The standard InChI is InChI=1S/C15H28N2O2/c1-3-16-15(14(18)19)9-6-8-13(11-15)17-10-5-4-7-12(17)2/h12-13,16H,3-11H2,1-2H3,(H,18,19). The number of carboxylic acid groups (broad SMARTS) is 1. The Bertz CT molecular complexity index is 317. The molecule has 2 fully saturated rings. The highest BCUT2D eigenvalue weighted by Crippen LogP contribution is 2.34. The Morgan fingerprint density at radius 2 is 2.16 bits per heavy atom. The van der Waals surface area contributed by atoms with Crippen LogP contribution in [0.15, 0.2) is 0 Å². The van der Waals surface area contributed by atoms with E-state index in [1.807, 2.05) is 6.92 Å². The van der Waals surface area contributed by atoms with Crippen molar-refractivity contribution < 1.29 is 9.90 Å². The van der Waals surface area contributed by atoms with Crippen molar-refractivity contribution in [3.8, 4) is 0 Å². The van der Waals surface area contributed by atoms with E-state index >= 15 is 0 Å². The first kappa shape index (κ1) is 14.8. The molecule has 1 aliphatic heterocycles. The average molecular weight is 268 g/mol. The molecule has 1 heterocycles. The normalized spacial score (nSPS) is 37.2. The number of rotatable bonds is 4. The van der Waals surface area contributed by atoms with Crippen LogP contribution >= 0.6 is 0 Å². The van der Waals surface area contributed by atoms with E-state index in [1.165, 1.54) is 19.3 Å². The third-order valence-corrected chi connectivity index (χ3v) is 4.97. The Balaban J connectivity index is 2.08. The molecular weight excluding hydrogens is 240 g/mol. The summed E-state index contributed by atoms with van der Waals surface area (Å²) < 4.78 is 0. The van der Waals surface area contributed by atoms with Crippen LogP contribution in [0.4, 0.5) is 0 Å². The molecule has 0 amide bonds. The highest BCUT2D eigenvalue weighted by atomic mass is 16.4. The molecule has 4 nitrogen and oxygen atoms in total. The summed E-state index contributed by atoms with van der Waals surface area (Å²) in [5, 5.41) is 12.9. The number of hydrogen-bond donors (Lipinski definition) is 2. The van der Waals surface area contributed by atoms with Crippen molar-refractivity contribution in [1.82, 2.24) is 10.2 Å². The zero-order valence-corrected chi connectivity index (χ0v) is 12.3. The quantitative estimate of drug-likeness (QED) is 0.821. The lowest BCUT2D eigenvalue weighted by atomic mass is 9.77. The van der Waals surface area contributed by atoms with E-state index in [0.717, 1.165) is 38.8 Å². The second-order valence-electron chi connectivity index (χ2n) is 6.25. The molecule has 110 valence electrons. The molecule has 0 aromatic carbocycles. The largest absolute Gasteiger partial charge is 0.480 e. The Morgan fingerprint density at radius 1 is 1.37 bits per heavy atom. The lowest BCUT2D eigenvalue weighted by Gasteiger charge is -2.46. The SMILES string of the molecule is CCNC1(C(=O)O)CCCC(N2CCCCC2C)C1. The van der Waals surface area contributed by atoms with Crippen LogP contribution in [0.5, 0.6) is 0 Å². The second kappa shape index (κ2) is 6.23. The van der Waals surface area contributed by atoms with E-state index in [-0.39, 0.29) is 0 Å². The van der Waals surface area contributed by atoms with Crippen LogP contribution < -0.4 is 5.32 Å². The zero-order valence-electron chi connectivity index (χ0n) is 12.3. The van der Waals surface area contributed by atoms with E-state index < -0.39 is 11.5 Å². The van der Waals surface area contributed by atoms with Gasteiger partial charge >= 0.3 is 5.97 Å². The summed E-state index contributed by atoms with van der Waals surface area (Å²) >= 11 is 0. The average Bonchev–Trinajstić information content (AvgIpc) is 2.39. The molecule has 3 atom stereocenters. The summed E-state index contributed by atoms with van der Waals surface area (Å²) in [5.41, 5.74) is -0.686. The maximum absolute atomic E-state index is 11.7. The Labute approximate surface area is 116 Å². The van der Waals surface area contributed by atoms with Crippen molar-refractivity contribution in [2.24, 2.45) is 0 Å². The van der Waals surface area contributed by atoms with Gasteiger partial charge in [-0.3, -0.25) is 9.69 Å². The van der Waals surface area contributed by atoms with Crippen LogP contribution in [0.2, 0.25) is 0 Å². The van der Waals surface area contributed by atoms with E-state index in [0.29, 0.717) is 12.1 Å². The molecule has 1 saturated heterocycles. The monoisotopic (exact) mass is 268 g/mol. The van der Waals surface area contributed by atoms with E-state index in [1.54, 1.807) is 0 Å². The molecule has 0 aromatic rings. The Hall–Kier alpha value is -0.610. The molecule has 0 spiro atoms. The number of piperidine rings is 1. The van der Waals surface area contributed by atoms with Crippen molar-refractivity contribution in [2.75, 3.05) is 13.1 Å². The minimum Gasteiger partial charge on any atom is -0.480 e. The summed E-state index contributed by atoms with van der Waals surface area (Å²) in [4.78, 5) is 14.3. The van der Waals surface area contributed by atoms with Gasteiger partial charge in [0.2, 0.25) is 0 Å². The molecule has 19 heavy (non-hydrogen) atoms. The van der Waals surface area contributed by atoms with Gasteiger partial charge in [-0.1, -0.05) is 13.3 Å². The van der Waals surface area contributed by atoms with Crippen molar-refractivity contribution in [2.45, 2.75) is 76.4 Å². The number of nitrogens with zero attached hydrogens (tertiary/aromatic N) is 1. The maximum atomic E-state index is 11.7. The fourth-order valence-corrected chi connectivity index (χ4v) is 3.96. The number of likely N-dealkylation sites (tertiary alicyclic amines) is 1. The van der Waals surface area contributed by atoms with Crippen molar-refractivity contribution >= 4 is 5.97 Å². The number of nitrogens with one attached hydrogen (secondary N) is 1. The molecule has 4 heteroatoms. The van der Waals surface area contributed by atoms with Gasteiger partial charge in [-0.25, -0.2) is 0 Å². The third-order valence-electron chi connectivity index (χ3n) is 4.97. The number of hydrogen-bond acceptors (Lipinski definition) is 3. The third kappa shape index (κ3) is 3.11. The molecule has 2 rings (SSSR count). The van der Waals surface area contributed by atoms with Gasteiger partial charge in [0.25, 0.3) is 0 Å². The topological polar surface area (TPSA) is 52.6 Å². The molecule has 2 aliphatic rings. The van der Waals surface area contributed by atoms with E-state index in [9.17, 15) is 9.90 Å². The van der Waals surface area contributed by atoms with E-state index in [4.69, 9.17) is 0 Å². The lowest BCUT2D eigenvalue weighted by Crippen LogP contribution is -2.59. The van der Waals surface area contributed by atoms with Gasteiger partial charge in [0, 0.05) is 12.1 Å². The van der Waals surface area contributed by atoms with Gasteiger partial charge in [0.1, 0.15) is 5.54 Å². The van der Waals surface area contributed by atoms with Crippen LogP contribution in [-0.2, 0) is 4.79 Å². The first-order valence-electron chi connectivity index (χ1n) is 7.83. The lowest BCUT2D eigenvalue weighted by molar-refractivity contribution is -0.147. The molecule has 0 bridgehead atoms. The number of carboxylic acids is 1. The van der Waals surface area contributed by atoms with E-state index in [2.05, 4.69) is 17.1 Å². The summed E-state index contributed by atoms with van der Waals surface area (Å²) in [6.45, 7) is 6.17. The van der Waals surface area contributed by atoms with Crippen LogP contribution in [0.25, 0.3) is 0 Å². The van der Waals surface area contributed by atoms with Gasteiger partial charge in [-0.15, -0.1) is 0 Å². The van der Waals surface area contributed by atoms with Gasteiger partial charge in [0.05, 0.1) is 0 Å². The molecule has 0 aromatic heterocycles. The van der Waals surface area contributed by atoms with Crippen molar-refractivity contribution in [1.29, 1.82) is 0 Å². The first-order chi connectivity index (χ1) is 9.09. The van der Waals surface area contributed by atoms with Gasteiger partial charge in [0.15, 0.2) is 0 Å².